The largest absolute Gasteiger partial charge is 0.378 e. The van der Waals surface area contributed by atoms with Crippen molar-refractivity contribution in [2.45, 2.75) is 19.4 Å². The second-order valence-electron chi connectivity index (χ2n) is 4.56. The molecule has 1 aliphatic rings. The van der Waals surface area contributed by atoms with Gasteiger partial charge in [-0.25, -0.2) is 0 Å². The molecule has 1 fully saturated rings. The molecule has 0 saturated carbocycles. The second-order valence-corrected chi connectivity index (χ2v) is 4.96. The minimum Gasteiger partial charge on any atom is -0.378 e. The summed E-state index contributed by atoms with van der Waals surface area (Å²) in [6, 6.07) is 6.37. The number of rotatable bonds is 3. The third-order valence-corrected chi connectivity index (χ3v) is 3.31. The van der Waals surface area contributed by atoms with Gasteiger partial charge >= 0.3 is 0 Å². The molecule has 1 atom stereocenters. The van der Waals surface area contributed by atoms with Crippen molar-refractivity contribution in [3.05, 3.63) is 28.8 Å². The standard InChI is InChI=1S/C13H19ClN2O/c1-10(15)8-11-2-3-12(9-13(11)14)16-4-6-17-7-5-16/h2-3,9-10H,4-8,15H2,1H3. The molecule has 1 heterocycles. The molecular weight excluding hydrogens is 236 g/mol. The minimum absolute atomic E-state index is 0.140. The molecule has 3 nitrogen and oxygen atoms in total. The van der Waals surface area contributed by atoms with Crippen molar-refractivity contribution in [2.24, 2.45) is 5.73 Å². The molecule has 4 heteroatoms. The fourth-order valence-corrected chi connectivity index (χ4v) is 2.32. The lowest BCUT2D eigenvalue weighted by molar-refractivity contribution is 0.122. The van der Waals surface area contributed by atoms with E-state index in [1.165, 1.54) is 5.69 Å². The molecule has 0 bridgehead atoms. The van der Waals surface area contributed by atoms with Gasteiger partial charge in [-0.05, 0) is 31.0 Å². The molecule has 0 spiro atoms. The summed E-state index contributed by atoms with van der Waals surface area (Å²) in [5, 5.41) is 0.811. The van der Waals surface area contributed by atoms with E-state index in [2.05, 4.69) is 17.0 Å². The van der Waals surface area contributed by atoms with Crippen LogP contribution >= 0.6 is 11.6 Å². The van der Waals surface area contributed by atoms with Crippen molar-refractivity contribution < 1.29 is 4.74 Å². The molecule has 17 heavy (non-hydrogen) atoms. The third kappa shape index (κ3) is 3.35. The van der Waals surface area contributed by atoms with Crippen molar-refractivity contribution in [1.82, 2.24) is 0 Å². The van der Waals surface area contributed by atoms with Crippen LogP contribution in [0.3, 0.4) is 0 Å². The number of nitrogens with zero attached hydrogens (tertiary/aromatic N) is 1. The molecule has 1 aliphatic heterocycles. The Hall–Kier alpha value is -0.770. The summed E-state index contributed by atoms with van der Waals surface area (Å²) in [5.41, 5.74) is 8.09. The SMILES string of the molecule is CC(N)Cc1ccc(N2CCOCC2)cc1Cl. The van der Waals surface area contributed by atoms with Gasteiger partial charge in [0, 0.05) is 29.8 Å². The Balaban J connectivity index is 2.12. The molecule has 0 aliphatic carbocycles. The smallest absolute Gasteiger partial charge is 0.0642 e. The zero-order valence-electron chi connectivity index (χ0n) is 10.2. The Morgan fingerprint density at radius 3 is 2.71 bits per heavy atom. The number of nitrogens with two attached hydrogens (primary N) is 1. The molecular formula is C13H19ClN2O. The molecule has 2 N–H and O–H groups in total. The van der Waals surface area contributed by atoms with E-state index in [1.807, 2.05) is 13.0 Å². The van der Waals surface area contributed by atoms with E-state index in [4.69, 9.17) is 22.1 Å². The van der Waals surface area contributed by atoms with Gasteiger partial charge in [-0.2, -0.15) is 0 Å². The lowest BCUT2D eigenvalue weighted by Gasteiger charge is -2.29. The van der Waals surface area contributed by atoms with Gasteiger partial charge in [-0.15, -0.1) is 0 Å². The fourth-order valence-electron chi connectivity index (χ4n) is 2.07. The van der Waals surface area contributed by atoms with Crippen molar-refractivity contribution in [3.8, 4) is 0 Å². The monoisotopic (exact) mass is 254 g/mol. The molecule has 94 valence electrons. The topological polar surface area (TPSA) is 38.5 Å². The van der Waals surface area contributed by atoms with Crippen LogP contribution in [0.15, 0.2) is 18.2 Å². The molecule has 0 aromatic heterocycles. The Kier molecular flexibility index (Phi) is 4.26. The number of anilines is 1. The molecule has 2 rings (SSSR count). The van der Waals surface area contributed by atoms with Gasteiger partial charge in [0.05, 0.1) is 13.2 Å². The van der Waals surface area contributed by atoms with Gasteiger partial charge in [0.15, 0.2) is 0 Å². The molecule has 1 aromatic carbocycles. The number of benzene rings is 1. The second kappa shape index (κ2) is 5.71. The summed E-state index contributed by atoms with van der Waals surface area (Å²) in [6.45, 7) is 5.44. The summed E-state index contributed by atoms with van der Waals surface area (Å²) >= 11 is 6.28. The van der Waals surface area contributed by atoms with Crippen molar-refractivity contribution in [1.29, 1.82) is 0 Å². The summed E-state index contributed by atoms with van der Waals surface area (Å²) in [4.78, 5) is 2.30. The molecule has 0 amide bonds. The van der Waals surface area contributed by atoms with Crippen molar-refractivity contribution in [3.63, 3.8) is 0 Å². The Morgan fingerprint density at radius 2 is 2.12 bits per heavy atom. The maximum absolute atomic E-state index is 6.28. The third-order valence-electron chi connectivity index (χ3n) is 2.95. The van der Waals surface area contributed by atoms with Crippen molar-refractivity contribution >= 4 is 17.3 Å². The summed E-state index contributed by atoms with van der Waals surface area (Å²) in [5.74, 6) is 0. The van der Waals surface area contributed by atoms with Gasteiger partial charge in [-0.1, -0.05) is 17.7 Å². The van der Waals surface area contributed by atoms with E-state index in [0.717, 1.165) is 43.3 Å². The maximum atomic E-state index is 6.28. The number of ether oxygens (including phenoxy) is 1. The number of hydrogen-bond acceptors (Lipinski definition) is 3. The quantitative estimate of drug-likeness (QED) is 0.898. The van der Waals surface area contributed by atoms with Crippen LogP contribution in [0.25, 0.3) is 0 Å². The molecule has 1 aromatic rings. The lowest BCUT2D eigenvalue weighted by Crippen LogP contribution is -2.36. The Bertz CT molecular complexity index is 376. The van der Waals surface area contributed by atoms with E-state index in [0.29, 0.717) is 0 Å². The predicted molar refractivity (Wildman–Crippen MR) is 71.8 cm³/mol. The highest BCUT2D eigenvalue weighted by Gasteiger charge is 2.12. The van der Waals surface area contributed by atoms with Crippen LogP contribution in [0.2, 0.25) is 5.02 Å². The Morgan fingerprint density at radius 1 is 1.41 bits per heavy atom. The highest BCUT2D eigenvalue weighted by atomic mass is 35.5. The van der Waals surface area contributed by atoms with Gasteiger partial charge in [0.1, 0.15) is 0 Å². The fraction of sp³-hybridized carbons (Fsp3) is 0.538. The van der Waals surface area contributed by atoms with Gasteiger partial charge in [0.2, 0.25) is 0 Å². The maximum Gasteiger partial charge on any atom is 0.0642 e. The lowest BCUT2D eigenvalue weighted by atomic mass is 10.1. The highest BCUT2D eigenvalue weighted by Crippen LogP contribution is 2.25. The first kappa shape index (κ1) is 12.7. The van der Waals surface area contributed by atoms with Crippen LogP contribution in [-0.2, 0) is 11.2 Å². The Labute approximate surface area is 107 Å². The van der Waals surface area contributed by atoms with E-state index in [1.54, 1.807) is 0 Å². The van der Waals surface area contributed by atoms with Crippen LogP contribution in [0.4, 0.5) is 5.69 Å². The van der Waals surface area contributed by atoms with E-state index in [-0.39, 0.29) is 6.04 Å². The van der Waals surface area contributed by atoms with Crippen LogP contribution in [-0.4, -0.2) is 32.3 Å². The molecule has 1 saturated heterocycles. The van der Waals surface area contributed by atoms with Crippen LogP contribution in [0, 0.1) is 0 Å². The van der Waals surface area contributed by atoms with Gasteiger partial charge in [0.25, 0.3) is 0 Å². The number of hydrogen-bond donors (Lipinski definition) is 1. The van der Waals surface area contributed by atoms with Crippen LogP contribution in [0.1, 0.15) is 12.5 Å². The first-order chi connectivity index (χ1) is 8.16. The van der Waals surface area contributed by atoms with Crippen LogP contribution in [0.5, 0.6) is 0 Å². The van der Waals surface area contributed by atoms with Gasteiger partial charge < -0.3 is 15.4 Å². The summed E-state index contributed by atoms with van der Waals surface area (Å²) < 4.78 is 5.34. The first-order valence-electron chi connectivity index (χ1n) is 6.03. The zero-order valence-corrected chi connectivity index (χ0v) is 10.9. The predicted octanol–water partition coefficient (Wildman–Crippen LogP) is 2.07. The minimum atomic E-state index is 0.140. The average molecular weight is 255 g/mol. The van der Waals surface area contributed by atoms with Crippen molar-refractivity contribution in [2.75, 3.05) is 31.2 Å². The molecule has 0 radical (unpaired) electrons. The first-order valence-corrected chi connectivity index (χ1v) is 6.41. The zero-order chi connectivity index (χ0) is 12.3. The van der Waals surface area contributed by atoms with Gasteiger partial charge in [-0.3, -0.25) is 0 Å². The number of halogens is 1. The summed E-state index contributed by atoms with van der Waals surface area (Å²) in [7, 11) is 0. The van der Waals surface area contributed by atoms with E-state index >= 15 is 0 Å². The number of morpholine rings is 1. The van der Waals surface area contributed by atoms with E-state index < -0.39 is 0 Å². The average Bonchev–Trinajstić information content (AvgIpc) is 2.32. The highest BCUT2D eigenvalue weighted by molar-refractivity contribution is 6.31. The van der Waals surface area contributed by atoms with E-state index in [9.17, 15) is 0 Å². The van der Waals surface area contributed by atoms with Crippen LogP contribution < -0.4 is 10.6 Å². The summed E-state index contributed by atoms with van der Waals surface area (Å²) in [6.07, 6.45) is 0.822. The normalized spacial score (nSPS) is 18.2. The molecule has 1 unspecified atom stereocenters.